The van der Waals surface area contributed by atoms with E-state index in [1.54, 1.807) is 25.4 Å². The van der Waals surface area contributed by atoms with Gasteiger partial charge >= 0.3 is 0 Å². The zero-order valence-electron chi connectivity index (χ0n) is 11.2. The van der Waals surface area contributed by atoms with Gasteiger partial charge in [-0.1, -0.05) is 11.6 Å². The summed E-state index contributed by atoms with van der Waals surface area (Å²) >= 11 is 7.32. The van der Waals surface area contributed by atoms with E-state index >= 15 is 0 Å². The normalized spacial score (nSPS) is 12.9. The summed E-state index contributed by atoms with van der Waals surface area (Å²) in [6.45, 7) is 3.75. The van der Waals surface area contributed by atoms with Crippen molar-refractivity contribution in [3.8, 4) is 0 Å². The summed E-state index contributed by atoms with van der Waals surface area (Å²) in [5.41, 5.74) is 0. The summed E-state index contributed by atoms with van der Waals surface area (Å²) in [6, 6.07) is -0.230. The van der Waals surface area contributed by atoms with E-state index in [9.17, 15) is 8.42 Å². The highest BCUT2D eigenvalue weighted by Gasteiger charge is 2.32. The third-order valence-corrected chi connectivity index (χ3v) is 6.08. The molecule has 0 aliphatic rings. The smallest absolute Gasteiger partial charge is 0.262 e. The number of sulfonamides is 1. The second kappa shape index (κ2) is 5.98. The number of rotatable bonds is 6. The summed E-state index contributed by atoms with van der Waals surface area (Å²) in [4.78, 5) is 4.59. The Labute approximate surface area is 126 Å². The lowest BCUT2D eigenvalue weighted by molar-refractivity contribution is 0.258. The molecule has 2 heterocycles. The van der Waals surface area contributed by atoms with Crippen LogP contribution in [0.3, 0.4) is 0 Å². The fraction of sp³-hybridized carbons (Fsp3) is 0.545. The third-order valence-electron chi connectivity index (χ3n) is 2.84. The van der Waals surface area contributed by atoms with Gasteiger partial charge in [0.1, 0.15) is 0 Å². The molecule has 0 aromatic carbocycles. The van der Waals surface area contributed by atoms with E-state index in [4.69, 9.17) is 16.7 Å². The minimum absolute atomic E-state index is 0.0120. The van der Waals surface area contributed by atoms with Crippen LogP contribution in [0.15, 0.2) is 16.6 Å². The molecule has 2 rings (SSSR count). The van der Waals surface area contributed by atoms with Crippen molar-refractivity contribution in [2.75, 3.05) is 13.2 Å². The van der Waals surface area contributed by atoms with Crippen molar-refractivity contribution in [1.29, 1.82) is 0 Å². The summed E-state index contributed by atoms with van der Waals surface area (Å²) in [5.74, 6) is 0. The monoisotopic (exact) mass is 337 g/mol. The molecule has 0 amide bonds. The fourth-order valence-electron chi connectivity index (χ4n) is 1.96. The highest BCUT2D eigenvalue weighted by molar-refractivity contribution is 7.89. The topological polar surface area (TPSA) is 74.9 Å². The Morgan fingerprint density at radius 1 is 1.55 bits per heavy atom. The van der Waals surface area contributed by atoms with Crippen LogP contribution < -0.4 is 0 Å². The van der Waals surface area contributed by atoms with Crippen LogP contribution in [-0.2, 0) is 10.0 Å². The van der Waals surface area contributed by atoms with Gasteiger partial charge in [-0.15, -0.1) is 11.3 Å². The SMILES string of the molecule is CC(C)N(CCCO)S(=O)(=O)c1c(Cl)nc2sccn12. The van der Waals surface area contributed by atoms with Gasteiger partial charge in [0.25, 0.3) is 10.0 Å². The van der Waals surface area contributed by atoms with Crippen LogP contribution in [0, 0.1) is 0 Å². The lowest BCUT2D eigenvalue weighted by Gasteiger charge is -2.25. The first kappa shape index (κ1) is 15.7. The quantitative estimate of drug-likeness (QED) is 0.872. The summed E-state index contributed by atoms with van der Waals surface area (Å²) < 4.78 is 28.4. The highest BCUT2D eigenvalue weighted by Crippen LogP contribution is 2.28. The summed E-state index contributed by atoms with van der Waals surface area (Å²) in [5, 5.41) is 10.6. The molecule has 6 nitrogen and oxygen atoms in total. The lowest BCUT2D eigenvalue weighted by atomic mass is 10.3. The van der Waals surface area contributed by atoms with Crippen LogP contribution in [0.2, 0.25) is 5.15 Å². The average molecular weight is 338 g/mol. The molecule has 0 saturated heterocycles. The average Bonchev–Trinajstić information content (AvgIpc) is 2.87. The van der Waals surface area contributed by atoms with Crippen LogP contribution in [-0.4, -0.2) is 46.4 Å². The molecule has 2 aromatic rings. The van der Waals surface area contributed by atoms with E-state index < -0.39 is 10.0 Å². The summed E-state index contributed by atoms with van der Waals surface area (Å²) in [7, 11) is -3.76. The molecular formula is C11H16ClN3O3S2. The molecule has 1 N–H and O–H groups in total. The first-order valence-corrected chi connectivity index (χ1v) is 8.83. The van der Waals surface area contributed by atoms with E-state index in [-0.39, 0.29) is 29.4 Å². The molecule has 0 spiro atoms. The van der Waals surface area contributed by atoms with Crippen molar-refractivity contribution in [2.45, 2.75) is 31.3 Å². The molecule has 0 atom stereocenters. The standard InChI is InChI=1S/C11H16ClN3O3S2/c1-8(2)15(4-3-6-16)20(17,18)10-9(12)13-11-14(10)5-7-19-11/h5,7-8,16H,3-4,6H2,1-2H3. The van der Waals surface area contributed by atoms with Crippen LogP contribution in [0.1, 0.15) is 20.3 Å². The molecule has 0 saturated carbocycles. The van der Waals surface area contributed by atoms with Crippen LogP contribution in [0.4, 0.5) is 0 Å². The maximum atomic E-state index is 12.8. The van der Waals surface area contributed by atoms with Gasteiger partial charge in [-0.25, -0.2) is 13.4 Å². The molecule has 0 unspecified atom stereocenters. The Kier molecular flexibility index (Phi) is 4.70. The number of imidazole rings is 1. The number of aliphatic hydroxyl groups excluding tert-OH is 1. The predicted molar refractivity (Wildman–Crippen MR) is 78.8 cm³/mol. The molecule has 0 bridgehead atoms. The molecule has 2 aromatic heterocycles. The highest BCUT2D eigenvalue weighted by atomic mass is 35.5. The molecule has 0 aliphatic carbocycles. The maximum Gasteiger partial charge on any atom is 0.262 e. The number of fused-ring (bicyclic) bond motifs is 1. The third kappa shape index (κ3) is 2.71. The van der Waals surface area contributed by atoms with E-state index in [0.29, 0.717) is 11.4 Å². The van der Waals surface area contributed by atoms with E-state index in [1.807, 2.05) is 0 Å². The van der Waals surface area contributed by atoms with Gasteiger partial charge in [-0.3, -0.25) is 4.40 Å². The molecule has 0 fully saturated rings. The Morgan fingerprint density at radius 2 is 2.25 bits per heavy atom. The van der Waals surface area contributed by atoms with Crippen molar-refractivity contribution in [3.63, 3.8) is 0 Å². The molecule has 9 heteroatoms. The number of nitrogens with zero attached hydrogens (tertiary/aromatic N) is 3. The maximum absolute atomic E-state index is 12.8. The number of aliphatic hydroxyl groups is 1. The van der Waals surface area contributed by atoms with Gasteiger partial charge in [0, 0.05) is 30.8 Å². The van der Waals surface area contributed by atoms with Crippen LogP contribution >= 0.6 is 22.9 Å². The van der Waals surface area contributed by atoms with E-state index in [1.165, 1.54) is 20.0 Å². The lowest BCUT2D eigenvalue weighted by Crippen LogP contribution is -2.38. The number of aromatic nitrogens is 2. The minimum atomic E-state index is -3.76. The number of hydrogen-bond acceptors (Lipinski definition) is 5. The van der Waals surface area contributed by atoms with Crippen molar-refractivity contribution < 1.29 is 13.5 Å². The van der Waals surface area contributed by atoms with Crippen molar-refractivity contribution in [3.05, 3.63) is 16.7 Å². The van der Waals surface area contributed by atoms with Crippen molar-refractivity contribution in [2.24, 2.45) is 0 Å². The second-order valence-electron chi connectivity index (χ2n) is 4.55. The van der Waals surface area contributed by atoms with Gasteiger partial charge in [-0.2, -0.15) is 4.31 Å². The van der Waals surface area contributed by atoms with Crippen LogP contribution in [0.5, 0.6) is 0 Å². The van der Waals surface area contributed by atoms with Gasteiger partial charge in [-0.05, 0) is 20.3 Å². The van der Waals surface area contributed by atoms with Crippen molar-refractivity contribution >= 4 is 37.9 Å². The van der Waals surface area contributed by atoms with Crippen molar-refractivity contribution in [1.82, 2.24) is 13.7 Å². The number of halogens is 1. The number of thiazole rings is 1. The fourth-order valence-corrected chi connectivity index (χ4v) is 5.05. The second-order valence-corrected chi connectivity index (χ2v) is 7.59. The first-order chi connectivity index (χ1) is 9.39. The molecule has 20 heavy (non-hydrogen) atoms. The Balaban J connectivity index is 2.52. The van der Waals surface area contributed by atoms with E-state index in [2.05, 4.69) is 4.98 Å². The van der Waals surface area contributed by atoms with Gasteiger partial charge < -0.3 is 5.11 Å². The molecule has 112 valence electrons. The Hall–Kier alpha value is -0.670. The molecular weight excluding hydrogens is 322 g/mol. The van der Waals surface area contributed by atoms with Gasteiger partial charge in [0.2, 0.25) is 0 Å². The Bertz CT molecular complexity index is 693. The number of hydrogen-bond donors (Lipinski definition) is 1. The zero-order chi connectivity index (χ0) is 14.9. The molecule has 0 radical (unpaired) electrons. The first-order valence-electron chi connectivity index (χ1n) is 6.13. The largest absolute Gasteiger partial charge is 0.396 e. The zero-order valence-corrected chi connectivity index (χ0v) is 13.5. The molecule has 0 aliphatic heterocycles. The minimum Gasteiger partial charge on any atom is -0.396 e. The van der Waals surface area contributed by atoms with Gasteiger partial charge in [0.05, 0.1) is 0 Å². The predicted octanol–water partition coefficient (Wildman–Crippen LogP) is 1.83. The Morgan fingerprint density at radius 3 is 2.85 bits per heavy atom. The van der Waals surface area contributed by atoms with Gasteiger partial charge in [0.15, 0.2) is 15.1 Å². The van der Waals surface area contributed by atoms with Crippen LogP contribution in [0.25, 0.3) is 4.96 Å². The summed E-state index contributed by atoms with van der Waals surface area (Å²) in [6.07, 6.45) is 2.01. The van der Waals surface area contributed by atoms with E-state index in [0.717, 1.165) is 0 Å².